The summed E-state index contributed by atoms with van der Waals surface area (Å²) in [5, 5.41) is 19.3. The molecule has 0 amide bonds. The molecule has 7 nitrogen and oxygen atoms in total. The average molecular weight is 449 g/mol. The van der Waals surface area contributed by atoms with Gasteiger partial charge in [0.05, 0.1) is 35.1 Å². The molecule has 164 valence electrons. The number of halogens is 2. The van der Waals surface area contributed by atoms with Gasteiger partial charge in [0, 0.05) is 24.0 Å². The van der Waals surface area contributed by atoms with Crippen molar-refractivity contribution in [2.75, 3.05) is 6.61 Å². The van der Waals surface area contributed by atoms with Crippen LogP contribution in [0.4, 0.5) is 4.39 Å². The highest BCUT2D eigenvalue weighted by molar-refractivity contribution is 6.30. The molecule has 9 heteroatoms. The van der Waals surface area contributed by atoms with Crippen molar-refractivity contribution >= 4 is 28.5 Å². The van der Waals surface area contributed by atoms with E-state index in [0.29, 0.717) is 6.42 Å². The molecule has 31 heavy (non-hydrogen) atoms. The highest BCUT2D eigenvalue weighted by Gasteiger charge is 2.23. The van der Waals surface area contributed by atoms with E-state index in [0.717, 1.165) is 4.57 Å². The van der Waals surface area contributed by atoms with E-state index in [9.17, 15) is 29.0 Å². The van der Waals surface area contributed by atoms with Gasteiger partial charge in [-0.25, -0.2) is 9.18 Å². The van der Waals surface area contributed by atoms with Crippen LogP contribution in [-0.2, 0) is 6.54 Å². The van der Waals surface area contributed by atoms with E-state index >= 15 is 0 Å². The molecule has 0 saturated heterocycles. The van der Waals surface area contributed by atoms with Crippen molar-refractivity contribution in [2.45, 2.75) is 32.9 Å². The van der Waals surface area contributed by atoms with E-state index in [4.69, 9.17) is 11.6 Å². The molecule has 2 atom stereocenters. The van der Waals surface area contributed by atoms with E-state index in [1.165, 1.54) is 35.2 Å². The third kappa shape index (κ3) is 4.26. The minimum absolute atomic E-state index is 0.0105. The van der Waals surface area contributed by atoms with Gasteiger partial charge in [0.15, 0.2) is 0 Å². The Morgan fingerprint density at radius 2 is 1.97 bits per heavy atom. The van der Waals surface area contributed by atoms with Crippen LogP contribution in [0.2, 0.25) is 5.02 Å². The number of carboxylic acids is 1. The summed E-state index contributed by atoms with van der Waals surface area (Å²) in [4.78, 5) is 37.3. The zero-order valence-electron chi connectivity index (χ0n) is 17.0. The summed E-state index contributed by atoms with van der Waals surface area (Å²) in [6, 6.07) is 5.06. The number of aromatic nitrogens is 2. The highest BCUT2D eigenvalue weighted by atomic mass is 35.5. The predicted octanol–water partition coefficient (Wildman–Crippen LogP) is 3.28. The lowest BCUT2D eigenvalue weighted by Gasteiger charge is -2.26. The van der Waals surface area contributed by atoms with Crippen molar-refractivity contribution in [1.82, 2.24) is 9.13 Å². The lowest BCUT2D eigenvalue weighted by Crippen LogP contribution is -2.29. The number of nitrogens with zero attached hydrogens (tertiary/aromatic N) is 2. The molecule has 0 aliphatic heterocycles. The summed E-state index contributed by atoms with van der Waals surface area (Å²) in [6.07, 6.45) is 3.08. The summed E-state index contributed by atoms with van der Waals surface area (Å²) in [6.45, 7) is 3.31. The molecule has 0 bridgehead atoms. The zero-order valence-corrected chi connectivity index (χ0v) is 17.8. The van der Waals surface area contributed by atoms with Gasteiger partial charge < -0.3 is 19.3 Å². The zero-order chi connectivity index (χ0) is 22.9. The van der Waals surface area contributed by atoms with Gasteiger partial charge in [-0.15, -0.1) is 0 Å². The highest BCUT2D eigenvalue weighted by Crippen LogP contribution is 2.25. The van der Waals surface area contributed by atoms with Crippen LogP contribution in [0.3, 0.4) is 0 Å². The normalized spacial score (nSPS) is 13.3. The van der Waals surface area contributed by atoms with E-state index in [1.54, 1.807) is 6.07 Å². The number of pyridine rings is 2. The van der Waals surface area contributed by atoms with Crippen LogP contribution >= 0.6 is 11.6 Å². The number of rotatable bonds is 7. The molecule has 0 radical (unpaired) electrons. The second-order valence-corrected chi connectivity index (χ2v) is 7.88. The number of aliphatic hydroxyl groups excluding tert-OH is 1. The minimum atomic E-state index is -1.42. The van der Waals surface area contributed by atoms with E-state index < -0.39 is 34.4 Å². The SMILES string of the molecule is CC[C@H](C)[C@@H](CO)n1cc(C(=O)O)c(=O)c2cn(Cc3cccc(Cl)c3F)c(=O)cc21. The van der Waals surface area contributed by atoms with Crippen molar-refractivity contribution in [1.29, 1.82) is 0 Å². The number of fused-ring (bicyclic) bond motifs is 1. The number of aromatic carboxylic acids is 1. The average Bonchev–Trinajstić information content (AvgIpc) is 2.73. The Balaban J connectivity index is 2.29. The van der Waals surface area contributed by atoms with Crippen LogP contribution < -0.4 is 11.0 Å². The van der Waals surface area contributed by atoms with E-state index in [1.807, 2.05) is 13.8 Å². The Bertz CT molecular complexity index is 1270. The van der Waals surface area contributed by atoms with Crippen LogP contribution in [0.25, 0.3) is 10.9 Å². The molecule has 1 aromatic carbocycles. The van der Waals surface area contributed by atoms with Crippen LogP contribution in [0.5, 0.6) is 0 Å². The Morgan fingerprint density at radius 3 is 2.58 bits per heavy atom. The largest absolute Gasteiger partial charge is 0.477 e. The summed E-state index contributed by atoms with van der Waals surface area (Å²) in [5.74, 6) is -2.15. The molecule has 0 fully saturated rings. The quantitative estimate of drug-likeness (QED) is 0.577. The van der Waals surface area contributed by atoms with Gasteiger partial charge in [-0.2, -0.15) is 0 Å². The fraction of sp³-hybridized carbons (Fsp3) is 0.318. The van der Waals surface area contributed by atoms with Crippen molar-refractivity contribution in [3.8, 4) is 0 Å². The van der Waals surface area contributed by atoms with E-state index in [2.05, 4.69) is 0 Å². The summed E-state index contributed by atoms with van der Waals surface area (Å²) >= 11 is 5.81. The molecule has 3 aromatic rings. The molecule has 2 heterocycles. The molecule has 0 unspecified atom stereocenters. The molecule has 3 rings (SSSR count). The molecular formula is C22H22ClFN2O5. The summed E-state index contributed by atoms with van der Waals surface area (Å²) in [7, 11) is 0. The van der Waals surface area contributed by atoms with Gasteiger partial charge in [-0.05, 0) is 12.0 Å². The Labute approximate surface area is 181 Å². The summed E-state index contributed by atoms with van der Waals surface area (Å²) in [5.41, 5.74) is -1.39. The van der Waals surface area contributed by atoms with Gasteiger partial charge in [0.2, 0.25) is 5.43 Å². The second kappa shape index (κ2) is 9.03. The maximum atomic E-state index is 14.3. The molecule has 2 N–H and O–H groups in total. The number of aliphatic hydroxyl groups is 1. The first-order chi connectivity index (χ1) is 14.7. The molecule has 2 aromatic heterocycles. The third-order valence-corrected chi connectivity index (χ3v) is 5.88. The van der Waals surface area contributed by atoms with Gasteiger partial charge in [-0.3, -0.25) is 9.59 Å². The Kier molecular flexibility index (Phi) is 6.62. The number of hydrogen-bond acceptors (Lipinski definition) is 4. The number of carboxylic acid groups (broad SMARTS) is 1. The van der Waals surface area contributed by atoms with Crippen LogP contribution in [0, 0.1) is 11.7 Å². The first-order valence-electron chi connectivity index (χ1n) is 9.75. The lowest BCUT2D eigenvalue weighted by atomic mass is 9.98. The minimum Gasteiger partial charge on any atom is -0.477 e. The van der Waals surface area contributed by atoms with Crippen molar-refractivity contribution in [3.63, 3.8) is 0 Å². The van der Waals surface area contributed by atoms with Gasteiger partial charge in [-0.1, -0.05) is 44.0 Å². The first kappa shape index (κ1) is 22.7. The Hall–Kier alpha value is -2.97. The van der Waals surface area contributed by atoms with Gasteiger partial charge >= 0.3 is 5.97 Å². The first-order valence-corrected chi connectivity index (χ1v) is 10.1. The maximum Gasteiger partial charge on any atom is 0.341 e. The molecule has 0 saturated carbocycles. The van der Waals surface area contributed by atoms with Gasteiger partial charge in [0.1, 0.15) is 11.4 Å². The molecule has 0 spiro atoms. The lowest BCUT2D eigenvalue weighted by molar-refractivity contribution is 0.0694. The van der Waals surface area contributed by atoms with Crippen LogP contribution in [0.15, 0.2) is 46.2 Å². The topological polar surface area (TPSA) is 102 Å². The predicted molar refractivity (Wildman–Crippen MR) is 116 cm³/mol. The number of carbonyl (C=O) groups is 1. The fourth-order valence-corrected chi connectivity index (χ4v) is 3.78. The summed E-state index contributed by atoms with van der Waals surface area (Å²) < 4.78 is 16.9. The maximum absolute atomic E-state index is 14.3. The van der Waals surface area contributed by atoms with Crippen LogP contribution in [0.1, 0.15) is 42.2 Å². The smallest absolute Gasteiger partial charge is 0.341 e. The van der Waals surface area contributed by atoms with Crippen molar-refractivity contribution in [2.24, 2.45) is 5.92 Å². The number of benzene rings is 1. The number of hydrogen-bond donors (Lipinski definition) is 2. The molecule has 0 aliphatic rings. The monoisotopic (exact) mass is 448 g/mol. The third-order valence-electron chi connectivity index (χ3n) is 5.59. The molecular weight excluding hydrogens is 427 g/mol. The van der Waals surface area contributed by atoms with Crippen LogP contribution in [-0.4, -0.2) is 31.9 Å². The van der Waals surface area contributed by atoms with Gasteiger partial charge in [0.25, 0.3) is 5.56 Å². The molecule has 0 aliphatic carbocycles. The fourth-order valence-electron chi connectivity index (χ4n) is 3.58. The second-order valence-electron chi connectivity index (χ2n) is 7.47. The van der Waals surface area contributed by atoms with Crippen molar-refractivity contribution in [3.05, 3.63) is 79.2 Å². The Morgan fingerprint density at radius 1 is 1.26 bits per heavy atom. The standard InChI is InChI=1S/C22H22ClFN2O5/c1-3-12(2)18(11-27)26-10-15(22(30)31)21(29)14-9-25(19(28)7-17(14)26)8-13-5-4-6-16(23)20(13)24/h4-7,9-10,12,18,27H,3,8,11H2,1-2H3,(H,30,31)/t12-,18+/m0/s1. The van der Waals surface area contributed by atoms with E-state index in [-0.39, 0.29) is 40.6 Å². The van der Waals surface area contributed by atoms with Crippen molar-refractivity contribution < 1.29 is 19.4 Å².